The number of unbranched alkanes of at least 4 members (excludes halogenated alkanes) is 1. The number of carbonyl (C=O) groups is 4. The van der Waals surface area contributed by atoms with Crippen LogP contribution in [0.15, 0.2) is 12.1 Å². The second-order valence-corrected chi connectivity index (χ2v) is 10.4. The molecule has 1 aromatic rings. The Kier molecular flexibility index (Phi) is 11.3. The van der Waals surface area contributed by atoms with Gasteiger partial charge in [-0.1, -0.05) is 52.2 Å². The monoisotopic (exact) mass is 468 g/mol. The fourth-order valence-electron chi connectivity index (χ4n) is 5.81. The first-order valence-corrected chi connectivity index (χ1v) is 13.4. The molecule has 2 rings (SSSR count). The Bertz CT molecular complexity index is 882. The van der Waals surface area contributed by atoms with Gasteiger partial charge in [0.05, 0.1) is 6.42 Å². The number of aryl methyl sites for hydroxylation is 2. The van der Waals surface area contributed by atoms with E-state index >= 15 is 0 Å². The molecule has 0 saturated carbocycles. The molecule has 3 unspecified atom stereocenters. The van der Waals surface area contributed by atoms with Gasteiger partial charge in [-0.15, -0.1) is 0 Å². The molecule has 0 spiro atoms. The Morgan fingerprint density at radius 2 is 1.76 bits per heavy atom. The zero-order chi connectivity index (χ0) is 25.3. The molecule has 4 heteroatoms. The van der Waals surface area contributed by atoms with Crippen molar-refractivity contribution in [3.8, 4) is 0 Å². The highest BCUT2D eigenvalue weighted by Crippen LogP contribution is 2.37. The average Bonchev–Trinajstić information content (AvgIpc) is 2.77. The standard InChI is InChI=1S/C30H44O4/c1-6-9-11-25(32)15-14-23-13-12-20(4)30-27(23)18-22(19-29(30)34)17-24(10-7-2)26(8-3)28(33)16-21(5)31/h12-13,22,24,26H,6-11,14-19H2,1-5H3. The van der Waals surface area contributed by atoms with E-state index in [4.69, 9.17) is 0 Å². The number of rotatable bonds is 15. The van der Waals surface area contributed by atoms with Crippen LogP contribution >= 0.6 is 0 Å². The quantitative estimate of drug-likeness (QED) is 0.265. The van der Waals surface area contributed by atoms with Crippen LogP contribution in [0.5, 0.6) is 0 Å². The van der Waals surface area contributed by atoms with E-state index in [1.54, 1.807) is 0 Å². The topological polar surface area (TPSA) is 68.3 Å². The number of Topliss-reactive ketones (excluding diaryl/α,β-unsaturated/α-hetero) is 4. The van der Waals surface area contributed by atoms with Gasteiger partial charge in [-0.2, -0.15) is 0 Å². The van der Waals surface area contributed by atoms with Crippen molar-refractivity contribution < 1.29 is 19.2 Å². The van der Waals surface area contributed by atoms with Gasteiger partial charge in [0.1, 0.15) is 17.3 Å². The van der Waals surface area contributed by atoms with E-state index in [0.717, 1.165) is 67.2 Å². The van der Waals surface area contributed by atoms with Gasteiger partial charge in [-0.05, 0) is 74.5 Å². The van der Waals surface area contributed by atoms with Crippen LogP contribution in [0.4, 0.5) is 0 Å². The summed E-state index contributed by atoms with van der Waals surface area (Å²) in [6, 6.07) is 4.13. The molecule has 0 bridgehead atoms. The van der Waals surface area contributed by atoms with E-state index in [-0.39, 0.29) is 41.5 Å². The summed E-state index contributed by atoms with van der Waals surface area (Å²) in [6.07, 6.45) is 8.67. The van der Waals surface area contributed by atoms with Crippen LogP contribution in [0, 0.1) is 24.7 Å². The predicted octanol–water partition coefficient (Wildman–Crippen LogP) is 6.81. The van der Waals surface area contributed by atoms with Crippen LogP contribution in [0.3, 0.4) is 0 Å². The minimum Gasteiger partial charge on any atom is -0.300 e. The number of carbonyl (C=O) groups excluding carboxylic acids is 4. The van der Waals surface area contributed by atoms with E-state index in [1.807, 2.05) is 19.9 Å². The molecule has 4 nitrogen and oxygen atoms in total. The van der Waals surface area contributed by atoms with Gasteiger partial charge in [0.2, 0.25) is 0 Å². The number of benzene rings is 1. The van der Waals surface area contributed by atoms with Crippen LogP contribution in [0.2, 0.25) is 0 Å². The molecule has 1 aromatic carbocycles. The zero-order valence-corrected chi connectivity index (χ0v) is 22.0. The molecule has 1 aliphatic carbocycles. The van der Waals surface area contributed by atoms with Gasteiger partial charge < -0.3 is 0 Å². The third-order valence-electron chi connectivity index (χ3n) is 7.49. The number of fused-ring (bicyclic) bond motifs is 1. The molecule has 1 aliphatic rings. The van der Waals surface area contributed by atoms with Crippen molar-refractivity contribution in [2.24, 2.45) is 17.8 Å². The summed E-state index contributed by atoms with van der Waals surface area (Å²) in [4.78, 5) is 49.9. The summed E-state index contributed by atoms with van der Waals surface area (Å²) in [6.45, 7) is 9.74. The lowest BCUT2D eigenvalue weighted by molar-refractivity contribution is -0.130. The summed E-state index contributed by atoms with van der Waals surface area (Å²) in [5, 5.41) is 0. The zero-order valence-electron chi connectivity index (χ0n) is 22.0. The Labute approximate surface area is 206 Å². The van der Waals surface area contributed by atoms with Gasteiger partial charge in [0, 0.05) is 30.7 Å². The van der Waals surface area contributed by atoms with E-state index in [9.17, 15) is 19.2 Å². The molecule has 188 valence electrons. The lowest BCUT2D eigenvalue weighted by Gasteiger charge is -2.32. The number of hydrogen-bond donors (Lipinski definition) is 0. The largest absolute Gasteiger partial charge is 0.300 e. The van der Waals surface area contributed by atoms with Crippen molar-refractivity contribution in [2.75, 3.05) is 0 Å². The minimum absolute atomic E-state index is 0.0144. The number of hydrogen-bond acceptors (Lipinski definition) is 4. The average molecular weight is 469 g/mol. The van der Waals surface area contributed by atoms with Crippen LogP contribution in [-0.2, 0) is 27.2 Å². The maximum absolute atomic E-state index is 13.2. The van der Waals surface area contributed by atoms with Crippen LogP contribution in [0.25, 0.3) is 0 Å². The van der Waals surface area contributed by atoms with E-state index in [0.29, 0.717) is 31.5 Å². The lowest BCUT2D eigenvalue weighted by atomic mass is 9.71. The Morgan fingerprint density at radius 1 is 1.03 bits per heavy atom. The second-order valence-electron chi connectivity index (χ2n) is 10.4. The van der Waals surface area contributed by atoms with Gasteiger partial charge in [-0.25, -0.2) is 0 Å². The minimum atomic E-state index is -0.117. The highest BCUT2D eigenvalue weighted by Gasteiger charge is 2.33. The molecule has 0 N–H and O–H groups in total. The molecular weight excluding hydrogens is 424 g/mol. The van der Waals surface area contributed by atoms with Crippen molar-refractivity contribution in [1.29, 1.82) is 0 Å². The highest BCUT2D eigenvalue weighted by molar-refractivity contribution is 6.00. The molecule has 0 radical (unpaired) electrons. The lowest BCUT2D eigenvalue weighted by Crippen LogP contribution is -2.30. The first-order chi connectivity index (χ1) is 16.2. The fraction of sp³-hybridized carbons (Fsp3) is 0.667. The summed E-state index contributed by atoms with van der Waals surface area (Å²) >= 11 is 0. The third kappa shape index (κ3) is 7.71. The highest BCUT2D eigenvalue weighted by atomic mass is 16.1. The molecule has 0 fully saturated rings. The van der Waals surface area contributed by atoms with Crippen LogP contribution < -0.4 is 0 Å². The molecule has 3 atom stereocenters. The van der Waals surface area contributed by atoms with Gasteiger partial charge in [-0.3, -0.25) is 19.2 Å². The van der Waals surface area contributed by atoms with Gasteiger partial charge >= 0.3 is 0 Å². The molecular formula is C30H44O4. The van der Waals surface area contributed by atoms with Gasteiger partial charge in [0.15, 0.2) is 5.78 Å². The van der Waals surface area contributed by atoms with Crippen LogP contribution in [0.1, 0.15) is 119 Å². The summed E-state index contributed by atoms with van der Waals surface area (Å²) in [7, 11) is 0. The van der Waals surface area contributed by atoms with E-state index < -0.39 is 0 Å². The summed E-state index contributed by atoms with van der Waals surface area (Å²) < 4.78 is 0. The molecule has 0 aliphatic heterocycles. The fourth-order valence-corrected chi connectivity index (χ4v) is 5.81. The summed E-state index contributed by atoms with van der Waals surface area (Å²) in [5.74, 6) is 0.756. The number of ketones is 4. The first kappa shape index (κ1) is 28.1. The maximum Gasteiger partial charge on any atom is 0.163 e. The predicted molar refractivity (Wildman–Crippen MR) is 137 cm³/mol. The van der Waals surface area contributed by atoms with Crippen molar-refractivity contribution >= 4 is 23.1 Å². The molecule has 0 heterocycles. The first-order valence-electron chi connectivity index (χ1n) is 13.4. The molecule has 0 aromatic heterocycles. The van der Waals surface area contributed by atoms with E-state index in [1.165, 1.54) is 6.92 Å². The maximum atomic E-state index is 13.2. The van der Waals surface area contributed by atoms with Crippen molar-refractivity contribution in [3.63, 3.8) is 0 Å². The normalized spacial score (nSPS) is 17.2. The van der Waals surface area contributed by atoms with E-state index in [2.05, 4.69) is 19.9 Å². The van der Waals surface area contributed by atoms with Crippen molar-refractivity contribution in [2.45, 2.75) is 112 Å². The third-order valence-corrected chi connectivity index (χ3v) is 7.49. The second kappa shape index (κ2) is 13.7. The Hall–Kier alpha value is -2.10. The molecule has 0 saturated heterocycles. The van der Waals surface area contributed by atoms with Crippen LogP contribution in [-0.4, -0.2) is 23.1 Å². The Morgan fingerprint density at radius 3 is 2.38 bits per heavy atom. The molecule has 0 amide bonds. The molecule has 34 heavy (non-hydrogen) atoms. The smallest absolute Gasteiger partial charge is 0.163 e. The van der Waals surface area contributed by atoms with Crippen molar-refractivity contribution in [3.05, 3.63) is 34.4 Å². The van der Waals surface area contributed by atoms with Crippen molar-refractivity contribution in [1.82, 2.24) is 0 Å². The Balaban J connectivity index is 2.23. The SMILES string of the molecule is CCCCC(=O)CCc1ccc(C)c2c1CC(CC(CCC)C(CC)C(=O)CC(C)=O)CC2=O. The summed E-state index contributed by atoms with van der Waals surface area (Å²) in [5.41, 5.74) is 4.15. The van der Waals surface area contributed by atoms with Gasteiger partial charge in [0.25, 0.3) is 0 Å².